The fourth-order valence-corrected chi connectivity index (χ4v) is 5.88. The first-order valence-electron chi connectivity index (χ1n) is 11.2. The average Bonchev–Trinajstić information content (AvgIpc) is 3.40. The van der Waals surface area contributed by atoms with E-state index in [4.69, 9.17) is 4.74 Å². The lowest BCUT2D eigenvalue weighted by Crippen LogP contribution is -2.53. The van der Waals surface area contributed by atoms with E-state index in [2.05, 4.69) is 9.88 Å². The van der Waals surface area contributed by atoms with Gasteiger partial charge in [-0.2, -0.15) is 0 Å². The third kappa shape index (κ3) is 6.06. The van der Waals surface area contributed by atoms with Gasteiger partial charge in [-0.05, 0) is 67.2 Å². The minimum absolute atomic E-state index is 0.216. The number of nitrogens with zero attached hydrogens (tertiary/aromatic N) is 3. The number of thiazole rings is 1. The van der Waals surface area contributed by atoms with Gasteiger partial charge in [0.1, 0.15) is 16.8 Å². The summed E-state index contributed by atoms with van der Waals surface area (Å²) in [5, 5.41) is 12.4. The lowest BCUT2D eigenvalue weighted by Gasteiger charge is -2.38. The number of benzene rings is 2. The van der Waals surface area contributed by atoms with E-state index in [1.165, 1.54) is 4.31 Å². The van der Waals surface area contributed by atoms with Crippen LogP contribution in [-0.4, -0.2) is 56.0 Å². The van der Waals surface area contributed by atoms with Crippen LogP contribution in [0.4, 0.5) is 5.69 Å². The highest BCUT2D eigenvalue weighted by Crippen LogP contribution is 2.32. The molecule has 35 heavy (non-hydrogen) atoms. The number of hydrogen-bond acceptors (Lipinski definition) is 7. The first kappa shape index (κ1) is 25.3. The first-order valence-corrected chi connectivity index (χ1v) is 13.1. The second-order valence-electron chi connectivity index (χ2n) is 8.29. The largest absolute Gasteiger partial charge is 0.497 e. The lowest BCUT2D eigenvalue weighted by molar-refractivity contribution is -0.132. The predicted molar refractivity (Wildman–Crippen MR) is 136 cm³/mol. The molecule has 0 saturated carbocycles. The van der Waals surface area contributed by atoms with Crippen LogP contribution in [0.3, 0.4) is 0 Å². The second-order valence-corrected chi connectivity index (χ2v) is 10.1. The van der Waals surface area contributed by atoms with E-state index < -0.39 is 23.2 Å². The molecule has 0 spiro atoms. The van der Waals surface area contributed by atoms with E-state index in [-0.39, 0.29) is 5.92 Å². The van der Waals surface area contributed by atoms with Gasteiger partial charge in [0.25, 0.3) is 17.2 Å². The SMILES string of the molecule is COc1ccc(-c2ccc(N(C(C(=O)NO)C3CCN(Cc4nccs4)CC3)S(=O)O)cc2)cc1. The van der Waals surface area contributed by atoms with Crippen LogP contribution in [0.5, 0.6) is 5.75 Å². The molecular weight excluding hydrogens is 488 g/mol. The van der Waals surface area contributed by atoms with Crippen LogP contribution >= 0.6 is 11.3 Å². The minimum atomic E-state index is -2.48. The number of aromatic nitrogens is 1. The maximum Gasteiger partial charge on any atom is 0.267 e. The quantitative estimate of drug-likeness (QED) is 0.226. The molecule has 2 atom stereocenters. The number of carbonyl (C=O) groups is 1. The summed E-state index contributed by atoms with van der Waals surface area (Å²) in [5.41, 5.74) is 4.00. The summed E-state index contributed by atoms with van der Waals surface area (Å²) < 4.78 is 29.0. The molecule has 1 amide bonds. The van der Waals surface area contributed by atoms with Gasteiger partial charge in [0.05, 0.1) is 19.3 Å². The highest BCUT2D eigenvalue weighted by atomic mass is 32.2. The van der Waals surface area contributed by atoms with Crippen molar-refractivity contribution in [3.8, 4) is 16.9 Å². The van der Waals surface area contributed by atoms with Crippen LogP contribution in [0.2, 0.25) is 0 Å². The molecule has 0 aliphatic carbocycles. The van der Waals surface area contributed by atoms with Gasteiger partial charge in [-0.1, -0.05) is 24.3 Å². The summed E-state index contributed by atoms with van der Waals surface area (Å²) in [6.07, 6.45) is 3.06. The van der Waals surface area contributed by atoms with Crippen LogP contribution in [0.15, 0.2) is 60.1 Å². The number of ether oxygens (including phenoxy) is 1. The fourth-order valence-electron chi connectivity index (χ4n) is 4.46. The van der Waals surface area contributed by atoms with Crippen molar-refractivity contribution in [2.24, 2.45) is 5.92 Å². The van der Waals surface area contributed by atoms with Crippen LogP contribution in [0, 0.1) is 5.92 Å². The summed E-state index contributed by atoms with van der Waals surface area (Å²) >= 11 is -0.874. The number of piperidine rings is 1. The Hall–Kier alpha value is -2.83. The Balaban J connectivity index is 1.52. The smallest absolute Gasteiger partial charge is 0.267 e. The molecule has 186 valence electrons. The summed E-state index contributed by atoms with van der Waals surface area (Å²) in [6.45, 7) is 2.19. The first-order chi connectivity index (χ1) is 17.0. The van der Waals surface area contributed by atoms with Gasteiger partial charge in [-0.3, -0.25) is 23.8 Å². The number of likely N-dealkylation sites (tertiary alicyclic amines) is 1. The number of carbonyl (C=O) groups excluding carboxylic acids is 1. The normalized spacial score (nSPS) is 16.4. The van der Waals surface area contributed by atoms with Crippen LogP contribution < -0.4 is 14.5 Å². The summed E-state index contributed by atoms with van der Waals surface area (Å²) in [7, 11) is 1.61. The van der Waals surface area contributed by atoms with Crippen LogP contribution in [0.1, 0.15) is 17.8 Å². The van der Waals surface area contributed by atoms with Crippen molar-refractivity contribution in [3.63, 3.8) is 0 Å². The third-order valence-electron chi connectivity index (χ3n) is 6.27. The number of rotatable bonds is 9. The Kier molecular flexibility index (Phi) is 8.47. The predicted octanol–water partition coefficient (Wildman–Crippen LogP) is 3.55. The molecule has 1 fully saturated rings. The van der Waals surface area contributed by atoms with Gasteiger partial charge in [0.2, 0.25) is 0 Å². The molecule has 0 radical (unpaired) electrons. The van der Waals surface area contributed by atoms with Gasteiger partial charge < -0.3 is 4.74 Å². The van der Waals surface area contributed by atoms with Gasteiger partial charge >= 0.3 is 0 Å². The zero-order valence-electron chi connectivity index (χ0n) is 19.2. The maximum absolute atomic E-state index is 12.7. The van der Waals surface area contributed by atoms with Gasteiger partial charge in [0, 0.05) is 11.6 Å². The molecule has 1 aromatic heterocycles. The van der Waals surface area contributed by atoms with Crippen LogP contribution in [0.25, 0.3) is 11.1 Å². The van der Waals surface area contributed by atoms with E-state index in [0.29, 0.717) is 18.5 Å². The molecule has 11 heteroatoms. The minimum Gasteiger partial charge on any atom is -0.497 e. The van der Waals surface area contributed by atoms with E-state index in [1.54, 1.807) is 42.3 Å². The van der Waals surface area contributed by atoms with Gasteiger partial charge in [-0.15, -0.1) is 11.3 Å². The van der Waals surface area contributed by atoms with Crippen molar-refractivity contribution < 1.29 is 23.5 Å². The van der Waals surface area contributed by atoms with Crippen molar-refractivity contribution in [2.45, 2.75) is 25.4 Å². The standard InChI is InChI=1S/C24H28N4O5S2/c1-33-21-8-4-18(5-9-21)17-2-6-20(7-3-17)28(35(31)32)23(24(29)26-30)19-10-13-27(14-11-19)16-22-25-12-15-34-22/h2-9,12,15,19,23,30H,10-11,13-14,16H2,1H3,(H,26,29)(H,31,32). The Morgan fingerprint density at radius 1 is 1.20 bits per heavy atom. The average molecular weight is 517 g/mol. The summed E-state index contributed by atoms with van der Waals surface area (Å²) in [4.78, 5) is 19.3. The molecule has 2 aromatic carbocycles. The number of methoxy groups -OCH3 is 1. The van der Waals surface area contributed by atoms with Gasteiger partial charge in [-0.25, -0.2) is 14.7 Å². The number of hydroxylamine groups is 1. The monoisotopic (exact) mass is 516 g/mol. The van der Waals surface area contributed by atoms with Gasteiger partial charge in [0.15, 0.2) is 0 Å². The molecule has 1 aliphatic heterocycles. The molecule has 4 rings (SSSR count). The molecule has 1 aliphatic rings. The van der Waals surface area contributed by atoms with Crippen LogP contribution in [-0.2, 0) is 22.6 Å². The fraction of sp³-hybridized carbons (Fsp3) is 0.333. The van der Waals surface area contributed by atoms with E-state index in [0.717, 1.165) is 41.5 Å². The molecule has 3 N–H and O–H groups in total. The van der Waals surface area contributed by atoms with E-state index in [1.807, 2.05) is 41.8 Å². The van der Waals surface area contributed by atoms with Crippen molar-refractivity contribution >= 4 is 34.2 Å². The van der Waals surface area contributed by atoms with E-state index in [9.17, 15) is 18.8 Å². The molecule has 1 saturated heterocycles. The lowest BCUT2D eigenvalue weighted by atomic mass is 9.88. The topological polar surface area (TPSA) is 115 Å². The highest BCUT2D eigenvalue weighted by Gasteiger charge is 2.38. The third-order valence-corrected chi connectivity index (χ3v) is 7.80. The second kappa shape index (κ2) is 11.7. The zero-order chi connectivity index (χ0) is 24.8. The number of nitrogens with one attached hydrogen (secondary N) is 1. The number of hydrogen-bond donors (Lipinski definition) is 3. The summed E-state index contributed by atoms with van der Waals surface area (Å²) in [5.74, 6) is -0.167. The van der Waals surface area contributed by atoms with Crippen molar-refractivity contribution in [3.05, 3.63) is 65.1 Å². The molecule has 2 unspecified atom stereocenters. The maximum atomic E-state index is 12.7. The molecular formula is C24H28N4O5S2. The van der Waals surface area contributed by atoms with Crippen molar-refractivity contribution in [1.29, 1.82) is 0 Å². The molecule has 3 aromatic rings. The Morgan fingerprint density at radius 2 is 1.83 bits per heavy atom. The number of anilines is 1. The van der Waals surface area contributed by atoms with Crippen molar-refractivity contribution in [2.75, 3.05) is 24.5 Å². The Labute approximate surface area is 210 Å². The Morgan fingerprint density at radius 3 is 2.34 bits per heavy atom. The zero-order valence-corrected chi connectivity index (χ0v) is 20.9. The number of amides is 1. The Bertz CT molecular complexity index is 1120. The highest BCUT2D eigenvalue weighted by molar-refractivity contribution is 7.80. The summed E-state index contributed by atoms with van der Waals surface area (Å²) in [6, 6.07) is 13.7. The molecule has 0 bridgehead atoms. The molecule has 2 heterocycles. The molecule has 9 nitrogen and oxygen atoms in total. The van der Waals surface area contributed by atoms with E-state index >= 15 is 0 Å². The van der Waals surface area contributed by atoms with Crippen molar-refractivity contribution in [1.82, 2.24) is 15.4 Å².